The molecule has 0 spiro atoms. The summed E-state index contributed by atoms with van der Waals surface area (Å²) in [7, 11) is -2.27. The smallest absolute Gasteiger partial charge is 0.257 e. The molecule has 0 saturated carbocycles. The number of nitrogens with zero attached hydrogens (tertiary/aromatic N) is 1. The second kappa shape index (κ2) is 6.31. The number of carbonyl (C=O) groups excluding carboxylic acids is 1. The van der Waals surface area contributed by atoms with Crippen LogP contribution in [0.2, 0.25) is 0 Å². The van der Waals surface area contributed by atoms with Gasteiger partial charge in [-0.25, -0.2) is 18.1 Å². The largest absolute Gasteiger partial charge is 0.298 e. The van der Waals surface area contributed by atoms with Crippen molar-refractivity contribution in [3.05, 3.63) is 53.6 Å². The molecule has 0 aliphatic rings. The molecular formula is C16H15N3O3S2. The fourth-order valence-electron chi connectivity index (χ4n) is 2.23. The molecule has 0 aliphatic heterocycles. The number of nitrogens with one attached hydrogen (secondary N) is 2. The summed E-state index contributed by atoms with van der Waals surface area (Å²) < 4.78 is 26.9. The molecule has 3 rings (SSSR count). The van der Waals surface area contributed by atoms with Crippen LogP contribution in [0.1, 0.15) is 15.9 Å². The second-order valence-corrected chi connectivity index (χ2v) is 8.05. The van der Waals surface area contributed by atoms with E-state index in [0.717, 1.165) is 15.8 Å². The molecule has 124 valence electrons. The minimum atomic E-state index is -3.60. The quantitative estimate of drug-likeness (QED) is 0.748. The number of carbonyl (C=O) groups is 1. The summed E-state index contributed by atoms with van der Waals surface area (Å²) in [5.74, 6) is -0.403. The van der Waals surface area contributed by atoms with Crippen LogP contribution in [0.15, 0.2) is 47.4 Å². The Hall–Kier alpha value is -2.29. The van der Waals surface area contributed by atoms with Crippen molar-refractivity contribution in [3.8, 4) is 0 Å². The number of hydrogen-bond donors (Lipinski definition) is 2. The van der Waals surface area contributed by atoms with Crippen LogP contribution in [0.25, 0.3) is 10.2 Å². The summed E-state index contributed by atoms with van der Waals surface area (Å²) in [6, 6.07) is 11.7. The molecule has 0 bridgehead atoms. The fraction of sp³-hybridized carbons (Fsp3) is 0.125. The molecule has 3 aromatic rings. The summed E-state index contributed by atoms with van der Waals surface area (Å²) in [6.07, 6.45) is 0. The number of benzene rings is 2. The van der Waals surface area contributed by atoms with Crippen LogP contribution in [-0.2, 0) is 10.0 Å². The normalized spacial score (nSPS) is 11.6. The molecule has 8 heteroatoms. The number of amides is 1. The van der Waals surface area contributed by atoms with Crippen LogP contribution < -0.4 is 10.0 Å². The predicted molar refractivity (Wildman–Crippen MR) is 95.0 cm³/mol. The van der Waals surface area contributed by atoms with E-state index in [1.54, 1.807) is 6.07 Å². The average Bonchev–Trinajstić information content (AvgIpc) is 2.99. The highest BCUT2D eigenvalue weighted by Gasteiger charge is 2.15. The van der Waals surface area contributed by atoms with E-state index in [1.165, 1.54) is 36.6 Å². The van der Waals surface area contributed by atoms with E-state index in [0.29, 0.717) is 5.13 Å². The Morgan fingerprint density at radius 1 is 1.17 bits per heavy atom. The maximum Gasteiger partial charge on any atom is 0.257 e. The highest BCUT2D eigenvalue weighted by molar-refractivity contribution is 7.89. The van der Waals surface area contributed by atoms with Gasteiger partial charge < -0.3 is 0 Å². The third-order valence-electron chi connectivity index (χ3n) is 3.52. The van der Waals surface area contributed by atoms with Crippen molar-refractivity contribution < 1.29 is 13.2 Å². The lowest BCUT2D eigenvalue weighted by Gasteiger charge is -2.05. The van der Waals surface area contributed by atoms with Crippen molar-refractivity contribution in [2.45, 2.75) is 11.8 Å². The van der Waals surface area contributed by atoms with Crippen LogP contribution >= 0.6 is 11.3 Å². The molecule has 0 fully saturated rings. The van der Waals surface area contributed by atoms with E-state index >= 15 is 0 Å². The van der Waals surface area contributed by atoms with Gasteiger partial charge in [0.2, 0.25) is 10.0 Å². The molecule has 0 saturated heterocycles. The number of para-hydroxylation sites is 1. The summed E-state index contributed by atoms with van der Waals surface area (Å²) in [6.45, 7) is 1.96. The Kier molecular flexibility index (Phi) is 4.35. The maximum absolute atomic E-state index is 12.4. The van der Waals surface area contributed by atoms with Crippen molar-refractivity contribution in [1.29, 1.82) is 0 Å². The molecule has 0 radical (unpaired) electrons. The minimum absolute atomic E-state index is 0.0396. The highest BCUT2D eigenvalue weighted by Crippen LogP contribution is 2.28. The van der Waals surface area contributed by atoms with Crippen LogP contribution in [-0.4, -0.2) is 26.4 Å². The lowest BCUT2D eigenvalue weighted by molar-refractivity contribution is 0.102. The molecule has 0 unspecified atom stereocenters. The number of thiazole rings is 1. The molecule has 1 aromatic heterocycles. The van der Waals surface area contributed by atoms with Crippen LogP contribution in [0.3, 0.4) is 0 Å². The first-order valence-corrected chi connectivity index (χ1v) is 9.42. The topological polar surface area (TPSA) is 88.2 Å². The number of aromatic nitrogens is 1. The molecule has 1 heterocycles. The van der Waals surface area contributed by atoms with Crippen molar-refractivity contribution in [3.63, 3.8) is 0 Å². The fourth-order valence-corrected chi connectivity index (χ4v) is 3.95. The van der Waals surface area contributed by atoms with E-state index in [2.05, 4.69) is 15.0 Å². The molecule has 2 aromatic carbocycles. The van der Waals surface area contributed by atoms with E-state index < -0.39 is 15.9 Å². The van der Waals surface area contributed by atoms with E-state index in [-0.39, 0.29) is 10.5 Å². The van der Waals surface area contributed by atoms with Gasteiger partial charge >= 0.3 is 0 Å². The van der Waals surface area contributed by atoms with Gasteiger partial charge in [0, 0.05) is 5.56 Å². The number of anilines is 1. The van der Waals surface area contributed by atoms with Gasteiger partial charge in [-0.2, -0.15) is 0 Å². The molecule has 0 atom stereocenters. The maximum atomic E-state index is 12.4. The van der Waals surface area contributed by atoms with Gasteiger partial charge in [0.05, 0.1) is 15.1 Å². The molecular weight excluding hydrogens is 346 g/mol. The molecule has 0 aliphatic carbocycles. The summed E-state index contributed by atoms with van der Waals surface area (Å²) in [5.41, 5.74) is 2.14. The third kappa shape index (κ3) is 3.16. The number of sulfonamides is 1. The molecule has 1 amide bonds. The van der Waals surface area contributed by atoms with Gasteiger partial charge in [-0.3, -0.25) is 10.1 Å². The lowest BCUT2D eigenvalue weighted by atomic mass is 10.2. The number of hydrogen-bond acceptors (Lipinski definition) is 5. The zero-order chi connectivity index (χ0) is 17.3. The first kappa shape index (κ1) is 16.6. The van der Waals surface area contributed by atoms with Crippen molar-refractivity contribution in [2.75, 3.05) is 12.4 Å². The number of fused-ring (bicyclic) bond motifs is 1. The first-order valence-electron chi connectivity index (χ1n) is 7.12. The Labute approximate surface area is 143 Å². The second-order valence-electron chi connectivity index (χ2n) is 5.13. The summed E-state index contributed by atoms with van der Waals surface area (Å²) >= 11 is 1.38. The van der Waals surface area contributed by atoms with E-state index in [4.69, 9.17) is 0 Å². The Balaban J connectivity index is 1.89. The van der Waals surface area contributed by atoms with Crippen molar-refractivity contribution in [1.82, 2.24) is 9.71 Å². The number of aryl methyl sites for hydroxylation is 1. The Morgan fingerprint density at radius 2 is 1.92 bits per heavy atom. The van der Waals surface area contributed by atoms with Gasteiger partial charge in [-0.05, 0) is 43.8 Å². The Morgan fingerprint density at radius 3 is 2.62 bits per heavy atom. The summed E-state index contributed by atoms with van der Waals surface area (Å²) in [5, 5.41) is 3.20. The summed E-state index contributed by atoms with van der Waals surface area (Å²) in [4.78, 5) is 16.8. The SMILES string of the molecule is CNS(=O)(=O)c1cccc(C(=O)Nc2nc3c(C)cccc3s2)c1. The van der Waals surface area contributed by atoms with Gasteiger partial charge in [-0.15, -0.1) is 0 Å². The zero-order valence-corrected chi connectivity index (χ0v) is 14.7. The highest BCUT2D eigenvalue weighted by atomic mass is 32.2. The van der Waals surface area contributed by atoms with E-state index in [1.807, 2.05) is 25.1 Å². The lowest BCUT2D eigenvalue weighted by Crippen LogP contribution is -2.19. The molecule has 6 nitrogen and oxygen atoms in total. The number of rotatable bonds is 4. The minimum Gasteiger partial charge on any atom is -0.298 e. The van der Waals surface area contributed by atoms with Gasteiger partial charge in [0.25, 0.3) is 5.91 Å². The monoisotopic (exact) mass is 361 g/mol. The van der Waals surface area contributed by atoms with Gasteiger partial charge in [0.1, 0.15) is 0 Å². The van der Waals surface area contributed by atoms with Crippen LogP contribution in [0.5, 0.6) is 0 Å². The zero-order valence-electron chi connectivity index (χ0n) is 13.0. The standard InChI is InChI=1S/C16H15N3O3S2/c1-10-5-3-8-13-14(10)18-16(23-13)19-15(20)11-6-4-7-12(9-11)24(21,22)17-2/h3-9,17H,1-2H3,(H,18,19,20). The Bertz CT molecular complexity index is 1030. The van der Waals surface area contributed by atoms with Gasteiger partial charge in [0.15, 0.2) is 5.13 Å². The van der Waals surface area contributed by atoms with E-state index in [9.17, 15) is 13.2 Å². The van der Waals surface area contributed by atoms with Crippen molar-refractivity contribution >= 4 is 42.6 Å². The van der Waals surface area contributed by atoms with Crippen molar-refractivity contribution in [2.24, 2.45) is 0 Å². The molecule has 24 heavy (non-hydrogen) atoms. The third-order valence-corrected chi connectivity index (χ3v) is 5.86. The van der Waals surface area contributed by atoms with Gasteiger partial charge in [-0.1, -0.05) is 29.5 Å². The average molecular weight is 361 g/mol. The van der Waals surface area contributed by atoms with Crippen LogP contribution in [0, 0.1) is 6.92 Å². The molecule has 2 N–H and O–H groups in total. The van der Waals surface area contributed by atoms with Crippen LogP contribution in [0.4, 0.5) is 5.13 Å². The first-order chi connectivity index (χ1) is 11.4. The predicted octanol–water partition coefficient (Wildman–Crippen LogP) is 2.77.